The van der Waals surface area contributed by atoms with Gasteiger partial charge in [-0.2, -0.15) is 5.26 Å². The van der Waals surface area contributed by atoms with E-state index in [2.05, 4.69) is 22.5 Å². The lowest BCUT2D eigenvalue weighted by Gasteiger charge is -2.14. The van der Waals surface area contributed by atoms with Crippen LogP contribution in [0.3, 0.4) is 0 Å². The Labute approximate surface area is 159 Å². The van der Waals surface area contributed by atoms with Crippen molar-refractivity contribution in [3.63, 3.8) is 0 Å². The second-order valence-electron chi connectivity index (χ2n) is 6.42. The van der Waals surface area contributed by atoms with Gasteiger partial charge in [0.1, 0.15) is 6.07 Å². The fourth-order valence-corrected chi connectivity index (χ4v) is 3.04. The van der Waals surface area contributed by atoms with Crippen LogP contribution in [-0.4, -0.2) is 22.8 Å². The van der Waals surface area contributed by atoms with Crippen LogP contribution in [0.25, 0.3) is 22.7 Å². The number of ether oxygens (including phenoxy) is 2. The van der Waals surface area contributed by atoms with Gasteiger partial charge in [0.25, 0.3) is 0 Å². The van der Waals surface area contributed by atoms with E-state index in [0.29, 0.717) is 22.9 Å². The normalized spacial score (nSPS) is 11.6. The van der Waals surface area contributed by atoms with Gasteiger partial charge in [-0.15, -0.1) is 0 Å². The van der Waals surface area contributed by atoms with Crippen molar-refractivity contribution in [3.05, 3.63) is 53.9 Å². The maximum absolute atomic E-state index is 9.77. The monoisotopic (exact) mass is 361 g/mol. The molecule has 0 atom stereocenters. The highest BCUT2D eigenvalue weighted by atomic mass is 16.5. The molecule has 3 aromatic rings. The summed E-state index contributed by atoms with van der Waals surface area (Å²) in [6.45, 7) is 6.71. The van der Waals surface area contributed by atoms with E-state index < -0.39 is 0 Å². The largest absolute Gasteiger partial charge is 0.493 e. The van der Waals surface area contributed by atoms with Crippen molar-refractivity contribution < 1.29 is 9.47 Å². The predicted molar refractivity (Wildman–Crippen MR) is 108 cm³/mol. The summed E-state index contributed by atoms with van der Waals surface area (Å²) in [6.07, 6.45) is 1.86. The van der Waals surface area contributed by atoms with Crippen molar-refractivity contribution in [2.75, 3.05) is 7.11 Å². The number of hydrogen-bond acceptors (Lipinski definition) is 4. The number of para-hydroxylation sites is 2. The smallest absolute Gasteiger partial charge is 0.162 e. The average molecular weight is 361 g/mol. The van der Waals surface area contributed by atoms with Gasteiger partial charge in [-0.25, -0.2) is 4.98 Å². The van der Waals surface area contributed by atoms with Crippen LogP contribution in [-0.2, 0) is 6.54 Å². The molecule has 5 nitrogen and oxygen atoms in total. The molecule has 0 radical (unpaired) electrons. The molecule has 5 heteroatoms. The lowest BCUT2D eigenvalue weighted by atomic mass is 10.1. The molecule has 2 aromatic carbocycles. The number of fused-ring (bicyclic) bond motifs is 1. The highest BCUT2D eigenvalue weighted by molar-refractivity contribution is 5.91. The zero-order valence-corrected chi connectivity index (χ0v) is 16.1. The number of hydrogen-bond donors (Lipinski definition) is 0. The van der Waals surface area contributed by atoms with Crippen LogP contribution in [0.5, 0.6) is 11.5 Å². The molecule has 1 heterocycles. The molecule has 0 aliphatic heterocycles. The van der Waals surface area contributed by atoms with Crippen LogP contribution in [0.2, 0.25) is 0 Å². The number of nitrogens with zero attached hydrogens (tertiary/aromatic N) is 3. The minimum Gasteiger partial charge on any atom is -0.493 e. The molecule has 0 saturated heterocycles. The number of aromatic nitrogens is 2. The predicted octanol–water partition coefficient (Wildman–Crippen LogP) is 4.92. The molecule has 3 rings (SSSR count). The second-order valence-corrected chi connectivity index (χ2v) is 6.42. The summed E-state index contributed by atoms with van der Waals surface area (Å²) in [5.74, 6) is 1.99. The highest BCUT2D eigenvalue weighted by Crippen LogP contribution is 2.31. The fraction of sp³-hybridized carbons (Fsp3) is 0.273. The van der Waals surface area contributed by atoms with E-state index in [1.165, 1.54) is 0 Å². The van der Waals surface area contributed by atoms with Gasteiger partial charge in [-0.05, 0) is 56.7 Å². The van der Waals surface area contributed by atoms with Crippen molar-refractivity contribution in [1.82, 2.24) is 9.55 Å². The summed E-state index contributed by atoms with van der Waals surface area (Å²) >= 11 is 0. The van der Waals surface area contributed by atoms with Gasteiger partial charge >= 0.3 is 0 Å². The van der Waals surface area contributed by atoms with E-state index in [1.807, 2.05) is 62.4 Å². The SMILES string of the molecule is CCn1c(/C(C#N)=C\c2ccc(OC)c(OC(C)C)c2)nc2ccccc21. The van der Waals surface area contributed by atoms with Gasteiger partial charge < -0.3 is 14.0 Å². The molecule has 0 fully saturated rings. The fourth-order valence-electron chi connectivity index (χ4n) is 3.04. The molecule has 1 aromatic heterocycles. The third kappa shape index (κ3) is 3.80. The summed E-state index contributed by atoms with van der Waals surface area (Å²) < 4.78 is 13.3. The van der Waals surface area contributed by atoms with E-state index in [4.69, 9.17) is 9.47 Å². The van der Waals surface area contributed by atoms with E-state index in [1.54, 1.807) is 7.11 Å². The van der Waals surface area contributed by atoms with Crippen LogP contribution < -0.4 is 9.47 Å². The number of benzene rings is 2. The van der Waals surface area contributed by atoms with E-state index in [9.17, 15) is 5.26 Å². The lowest BCUT2D eigenvalue weighted by molar-refractivity contribution is 0.230. The Kier molecular flexibility index (Phi) is 5.46. The summed E-state index contributed by atoms with van der Waals surface area (Å²) in [7, 11) is 1.61. The van der Waals surface area contributed by atoms with Gasteiger partial charge in [0.15, 0.2) is 17.3 Å². The van der Waals surface area contributed by atoms with Crippen LogP contribution in [0.4, 0.5) is 0 Å². The first-order chi connectivity index (χ1) is 13.1. The molecule has 0 N–H and O–H groups in total. The van der Waals surface area contributed by atoms with Crippen LogP contribution in [0, 0.1) is 11.3 Å². The van der Waals surface area contributed by atoms with Crippen molar-refractivity contribution in [1.29, 1.82) is 5.26 Å². The Morgan fingerprint density at radius 3 is 2.67 bits per heavy atom. The van der Waals surface area contributed by atoms with Gasteiger partial charge in [-0.3, -0.25) is 0 Å². The van der Waals surface area contributed by atoms with Gasteiger partial charge in [0, 0.05) is 6.54 Å². The molecule has 0 aliphatic carbocycles. The molecular formula is C22H23N3O2. The lowest BCUT2D eigenvalue weighted by Crippen LogP contribution is -2.06. The third-order valence-electron chi connectivity index (χ3n) is 4.19. The van der Waals surface area contributed by atoms with Crippen molar-refractivity contribution >= 4 is 22.7 Å². The minimum atomic E-state index is 0.0258. The van der Waals surface area contributed by atoms with Crippen LogP contribution in [0.1, 0.15) is 32.2 Å². The van der Waals surface area contributed by atoms with Crippen molar-refractivity contribution in [3.8, 4) is 17.6 Å². The maximum Gasteiger partial charge on any atom is 0.162 e. The first kappa shape index (κ1) is 18.5. The minimum absolute atomic E-state index is 0.0258. The number of nitriles is 1. The first-order valence-electron chi connectivity index (χ1n) is 8.99. The van der Waals surface area contributed by atoms with Gasteiger partial charge in [0.2, 0.25) is 0 Å². The second kappa shape index (κ2) is 7.96. The Balaban J connectivity index is 2.09. The number of allylic oxidation sites excluding steroid dienone is 1. The molecule has 0 spiro atoms. The van der Waals surface area contributed by atoms with Crippen molar-refractivity contribution in [2.45, 2.75) is 33.4 Å². The first-order valence-corrected chi connectivity index (χ1v) is 8.99. The Morgan fingerprint density at radius 2 is 2.00 bits per heavy atom. The topological polar surface area (TPSA) is 60.1 Å². The molecule has 0 amide bonds. The van der Waals surface area contributed by atoms with Crippen LogP contribution in [0.15, 0.2) is 42.5 Å². The van der Waals surface area contributed by atoms with E-state index >= 15 is 0 Å². The quantitative estimate of drug-likeness (QED) is 0.585. The highest BCUT2D eigenvalue weighted by Gasteiger charge is 2.14. The summed E-state index contributed by atoms with van der Waals surface area (Å²) in [4.78, 5) is 4.67. The standard InChI is InChI=1S/C22H23N3O2/c1-5-25-19-9-7-6-8-18(19)24-22(25)17(14-23)12-16-10-11-20(26-4)21(13-16)27-15(2)3/h6-13,15H,5H2,1-4H3/b17-12-. The molecule has 0 saturated carbocycles. The number of rotatable bonds is 6. The molecule has 27 heavy (non-hydrogen) atoms. The third-order valence-corrected chi connectivity index (χ3v) is 4.19. The van der Waals surface area contributed by atoms with E-state index in [-0.39, 0.29) is 6.10 Å². The molecular weight excluding hydrogens is 338 g/mol. The molecule has 138 valence electrons. The Hall–Kier alpha value is -3.26. The molecule has 0 unspecified atom stereocenters. The van der Waals surface area contributed by atoms with E-state index in [0.717, 1.165) is 23.1 Å². The van der Waals surface area contributed by atoms with Gasteiger partial charge in [0.05, 0.1) is 29.8 Å². The Morgan fingerprint density at radius 1 is 1.22 bits per heavy atom. The van der Waals surface area contributed by atoms with Gasteiger partial charge in [-0.1, -0.05) is 18.2 Å². The maximum atomic E-state index is 9.77. The molecule has 0 bridgehead atoms. The number of imidazole rings is 1. The number of aryl methyl sites for hydroxylation is 1. The van der Waals surface area contributed by atoms with Crippen molar-refractivity contribution in [2.24, 2.45) is 0 Å². The van der Waals surface area contributed by atoms with Crippen LogP contribution >= 0.6 is 0 Å². The molecule has 0 aliphatic rings. The Bertz CT molecular complexity index is 1030. The summed E-state index contributed by atoms with van der Waals surface area (Å²) in [5.41, 5.74) is 3.27. The number of methoxy groups -OCH3 is 1. The summed E-state index contributed by atoms with van der Waals surface area (Å²) in [5, 5.41) is 9.77. The summed E-state index contributed by atoms with van der Waals surface area (Å²) in [6, 6.07) is 15.8. The zero-order valence-electron chi connectivity index (χ0n) is 16.1. The average Bonchev–Trinajstić information content (AvgIpc) is 3.04. The zero-order chi connectivity index (χ0) is 19.4.